The zero-order valence-electron chi connectivity index (χ0n) is 18.7. The molecule has 3 aromatic carbocycles. The monoisotopic (exact) mass is 479 g/mol. The molecule has 1 amide bonds. The Morgan fingerprint density at radius 2 is 1.63 bits per heavy atom. The van der Waals surface area contributed by atoms with Crippen LogP contribution in [0.2, 0.25) is 0 Å². The van der Waals surface area contributed by atoms with Gasteiger partial charge in [0.15, 0.2) is 11.5 Å². The number of fused-ring (bicyclic) bond motifs is 2. The highest BCUT2D eigenvalue weighted by molar-refractivity contribution is 7.21. The summed E-state index contributed by atoms with van der Waals surface area (Å²) in [5.74, 6) is 1.16. The summed E-state index contributed by atoms with van der Waals surface area (Å²) in [5.41, 5.74) is 11.8. The van der Waals surface area contributed by atoms with Crippen LogP contribution < -0.4 is 20.5 Å². The number of benzene rings is 3. The van der Waals surface area contributed by atoms with Gasteiger partial charge < -0.3 is 20.5 Å². The van der Waals surface area contributed by atoms with Crippen molar-refractivity contribution in [1.82, 2.24) is 10.3 Å². The number of anilines is 1. The number of carbonyl (C=O) groups excluding carboxylic acids is 1. The first-order valence-electron chi connectivity index (χ1n) is 11.2. The number of pyridine rings is 1. The molecule has 6 nitrogen and oxygen atoms in total. The van der Waals surface area contributed by atoms with Gasteiger partial charge in [0.05, 0.1) is 11.4 Å². The van der Waals surface area contributed by atoms with E-state index in [-0.39, 0.29) is 12.7 Å². The van der Waals surface area contributed by atoms with Gasteiger partial charge in [-0.1, -0.05) is 66.7 Å². The van der Waals surface area contributed by atoms with Crippen molar-refractivity contribution < 1.29 is 14.3 Å². The molecule has 0 bridgehead atoms. The van der Waals surface area contributed by atoms with Crippen molar-refractivity contribution in [2.45, 2.75) is 6.54 Å². The molecule has 0 radical (unpaired) electrons. The van der Waals surface area contributed by atoms with Crippen molar-refractivity contribution >= 4 is 33.1 Å². The third-order valence-corrected chi connectivity index (χ3v) is 7.05. The summed E-state index contributed by atoms with van der Waals surface area (Å²) in [5, 5.41) is 3.78. The van der Waals surface area contributed by atoms with E-state index >= 15 is 0 Å². The molecule has 1 aliphatic rings. The van der Waals surface area contributed by atoms with E-state index in [2.05, 4.69) is 5.32 Å². The number of carbonyl (C=O) groups is 1. The predicted molar refractivity (Wildman–Crippen MR) is 139 cm³/mol. The van der Waals surface area contributed by atoms with E-state index < -0.39 is 0 Å². The summed E-state index contributed by atoms with van der Waals surface area (Å²) in [4.78, 5) is 19.2. The average molecular weight is 480 g/mol. The Labute approximate surface area is 206 Å². The second-order valence-electron chi connectivity index (χ2n) is 8.18. The van der Waals surface area contributed by atoms with Crippen molar-refractivity contribution in [3.05, 3.63) is 95.4 Å². The molecule has 3 heterocycles. The smallest absolute Gasteiger partial charge is 0.263 e. The second-order valence-corrected chi connectivity index (χ2v) is 9.18. The van der Waals surface area contributed by atoms with Gasteiger partial charge in [-0.15, -0.1) is 11.3 Å². The number of nitrogens with one attached hydrogen (secondary N) is 1. The van der Waals surface area contributed by atoms with E-state index in [0.717, 1.165) is 38.2 Å². The molecule has 7 heteroatoms. The van der Waals surface area contributed by atoms with Gasteiger partial charge >= 0.3 is 0 Å². The van der Waals surface area contributed by atoms with Crippen LogP contribution in [0.4, 0.5) is 5.69 Å². The number of nitrogens with two attached hydrogens (primary N) is 1. The predicted octanol–water partition coefficient (Wildman–Crippen LogP) is 5.87. The highest BCUT2D eigenvalue weighted by Crippen LogP contribution is 2.41. The number of nitrogen functional groups attached to an aromatic ring is 1. The SMILES string of the molecule is Nc1c(C(=O)NCc2ccc3c(c2)OCO3)sc2nc(-c3ccccc3)cc(-c3ccccc3)c12. The number of hydrogen-bond donors (Lipinski definition) is 2. The number of amides is 1. The molecule has 3 N–H and O–H groups in total. The Morgan fingerprint density at radius 1 is 0.914 bits per heavy atom. The van der Waals surface area contributed by atoms with Crippen LogP contribution >= 0.6 is 11.3 Å². The normalized spacial score (nSPS) is 12.1. The summed E-state index contributed by atoms with van der Waals surface area (Å²) >= 11 is 1.31. The molecule has 0 spiro atoms. The van der Waals surface area contributed by atoms with E-state index in [4.69, 9.17) is 20.2 Å². The number of nitrogens with zero attached hydrogens (tertiary/aromatic N) is 1. The molecule has 0 atom stereocenters. The molecule has 172 valence electrons. The number of thiophene rings is 1. The average Bonchev–Trinajstić information content (AvgIpc) is 3.51. The van der Waals surface area contributed by atoms with Gasteiger partial charge in [0, 0.05) is 17.5 Å². The van der Waals surface area contributed by atoms with Crippen molar-refractivity contribution in [3.8, 4) is 33.9 Å². The van der Waals surface area contributed by atoms with Gasteiger partial charge in [0.2, 0.25) is 6.79 Å². The molecule has 5 aromatic rings. The largest absolute Gasteiger partial charge is 0.454 e. The van der Waals surface area contributed by atoms with Crippen molar-refractivity contribution in [3.63, 3.8) is 0 Å². The van der Waals surface area contributed by atoms with Crippen LogP contribution in [0.15, 0.2) is 84.9 Å². The zero-order chi connectivity index (χ0) is 23.8. The highest BCUT2D eigenvalue weighted by Gasteiger charge is 2.22. The maximum Gasteiger partial charge on any atom is 0.263 e. The van der Waals surface area contributed by atoms with Crippen LogP contribution in [0.3, 0.4) is 0 Å². The first kappa shape index (κ1) is 21.2. The van der Waals surface area contributed by atoms with Gasteiger partial charge in [-0.25, -0.2) is 4.98 Å². The lowest BCUT2D eigenvalue weighted by molar-refractivity contribution is 0.0955. The van der Waals surface area contributed by atoms with Crippen LogP contribution in [0.25, 0.3) is 32.6 Å². The molecular formula is C28H21N3O3S. The molecule has 0 saturated carbocycles. The summed E-state index contributed by atoms with van der Waals surface area (Å²) in [6.45, 7) is 0.558. The van der Waals surface area contributed by atoms with Crippen molar-refractivity contribution in [2.75, 3.05) is 12.5 Å². The fourth-order valence-corrected chi connectivity index (χ4v) is 5.24. The van der Waals surface area contributed by atoms with E-state index in [9.17, 15) is 4.79 Å². The minimum absolute atomic E-state index is 0.213. The maximum absolute atomic E-state index is 13.2. The maximum atomic E-state index is 13.2. The summed E-state index contributed by atoms with van der Waals surface area (Å²) < 4.78 is 10.8. The molecule has 0 fully saturated rings. The van der Waals surface area contributed by atoms with Gasteiger partial charge in [-0.2, -0.15) is 0 Å². The van der Waals surface area contributed by atoms with Gasteiger partial charge in [-0.3, -0.25) is 4.79 Å². The Balaban J connectivity index is 1.38. The molecule has 2 aromatic heterocycles. The Morgan fingerprint density at radius 3 is 2.40 bits per heavy atom. The van der Waals surface area contributed by atoms with Gasteiger partial charge in [0.25, 0.3) is 5.91 Å². The molecule has 0 aliphatic carbocycles. The first-order chi connectivity index (χ1) is 17.2. The number of hydrogen-bond acceptors (Lipinski definition) is 6. The Kier molecular flexibility index (Phi) is 5.31. The van der Waals surface area contributed by atoms with Crippen LogP contribution in [0, 0.1) is 0 Å². The Bertz CT molecular complexity index is 1550. The third kappa shape index (κ3) is 3.96. The topological polar surface area (TPSA) is 86.5 Å². The molecule has 0 saturated heterocycles. The second kappa shape index (κ2) is 8.77. The van der Waals surface area contributed by atoms with Crippen molar-refractivity contribution in [1.29, 1.82) is 0 Å². The highest BCUT2D eigenvalue weighted by atomic mass is 32.1. The summed E-state index contributed by atoms with van der Waals surface area (Å²) in [6, 6.07) is 27.7. The summed E-state index contributed by atoms with van der Waals surface area (Å²) in [6.07, 6.45) is 0. The number of ether oxygens (including phenoxy) is 2. The fourth-order valence-electron chi connectivity index (χ4n) is 4.21. The van der Waals surface area contributed by atoms with E-state index in [0.29, 0.717) is 28.6 Å². The van der Waals surface area contributed by atoms with E-state index in [1.165, 1.54) is 11.3 Å². The quantitative estimate of drug-likeness (QED) is 0.329. The standard InChI is InChI=1S/C28H21N3O3S/c29-25-24-20(18-7-3-1-4-8-18)14-21(19-9-5-2-6-10-19)31-28(24)35-26(25)27(32)30-15-17-11-12-22-23(13-17)34-16-33-22/h1-14H,15-16,29H2,(H,30,32). The lowest BCUT2D eigenvalue weighted by Gasteiger charge is -2.09. The number of rotatable bonds is 5. The van der Waals surface area contributed by atoms with Crippen molar-refractivity contribution in [2.24, 2.45) is 0 Å². The molecule has 6 rings (SSSR count). The number of aromatic nitrogens is 1. The van der Waals surface area contributed by atoms with Crippen LogP contribution in [0.5, 0.6) is 11.5 Å². The minimum Gasteiger partial charge on any atom is -0.454 e. The third-order valence-electron chi connectivity index (χ3n) is 5.95. The Hall–Kier alpha value is -4.36. The lowest BCUT2D eigenvalue weighted by Crippen LogP contribution is -2.22. The van der Waals surface area contributed by atoms with Crippen LogP contribution in [0.1, 0.15) is 15.2 Å². The minimum atomic E-state index is -0.233. The lowest BCUT2D eigenvalue weighted by atomic mass is 9.99. The molecule has 1 aliphatic heterocycles. The van der Waals surface area contributed by atoms with Gasteiger partial charge in [-0.05, 0) is 34.9 Å². The molecule has 0 unspecified atom stereocenters. The summed E-state index contributed by atoms with van der Waals surface area (Å²) in [7, 11) is 0. The van der Waals surface area contributed by atoms with E-state index in [1.54, 1.807) is 0 Å². The van der Waals surface area contributed by atoms with Crippen LogP contribution in [-0.4, -0.2) is 17.7 Å². The molecular weight excluding hydrogens is 458 g/mol. The van der Waals surface area contributed by atoms with E-state index in [1.807, 2.05) is 84.9 Å². The zero-order valence-corrected chi connectivity index (χ0v) is 19.5. The van der Waals surface area contributed by atoms with Gasteiger partial charge in [0.1, 0.15) is 9.71 Å². The molecule has 35 heavy (non-hydrogen) atoms. The first-order valence-corrected chi connectivity index (χ1v) is 12.0. The fraction of sp³-hybridized carbons (Fsp3) is 0.0714. The van der Waals surface area contributed by atoms with Crippen LogP contribution in [-0.2, 0) is 6.54 Å².